The van der Waals surface area contributed by atoms with E-state index in [0.29, 0.717) is 11.5 Å². The van der Waals surface area contributed by atoms with Crippen LogP contribution in [-0.4, -0.2) is 14.7 Å². The van der Waals surface area contributed by atoms with E-state index in [9.17, 15) is 8.42 Å². The lowest BCUT2D eigenvalue weighted by Crippen LogP contribution is -1.97. The third-order valence-electron chi connectivity index (χ3n) is 2.54. The monoisotopic (exact) mass is 351 g/mol. The van der Waals surface area contributed by atoms with E-state index >= 15 is 0 Å². The minimum atomic E-state index is -3.54. The third kappa shape index (κ3) is 3.38. The second kappa shape index (κ2) is 5.65. The minimum Gasteiger partial charge on any atom is -0.457 e. The summed E-state index contributed by atoms with van der Waals surface area (Å²) < 4.78 is 29.2. The van der Waals surface area contributed by atoms with E-state index in [0.717, 1.165) is 16.3 Å². The predicted molar refractivity (Wildman–Crippen MR) is 80.3 cm³/mol. The number of halogens is 1. The topological polar surface area (TPSA) is 71.1 Å². The number of sulfone groups is 1. The summed E-state index contributed by atoms with van der Waals surface area (Å²) >= 11 is 3.34. The molecule has 0 spiro atoms. The second-order valence-corrected chi connectivity index (χ2v) is 7.00. The van der Waals surface area contributed by atoms with Crippen molar-refractivity contribution < 1.29 is 12.8 Å². The third-order valence-corrected chi connectivity index (χ3v) is 4.08. The van der Waals surface area contributed by atoms with Crippen LogP contribution >= 0.6 is 15.9 Å². The molecule has 0 aliphatic carbocycles. The van der Waals surface area contributed by atoms with Crippen LogP contribution in [-0.2, 0) is 9.84 Å². The average Bonchev–Trinajstić information content (AvgIpc) is 2.84. The molecule has 0 amide bonds. The van der Waals surface area contributed by atoms with E-state index in [1.165, 1.54) is 6.08 Å². The van der Waals surface area contributed by atoms with Gasteiger partial charge in [0.15, 0.2) is 9.84 Å². The number of nitriles is 1. The number of benzene rings is 1. The van der Waals surface area contributed by atoms with Crippen LogP contribution in [0, 0.1) is 11.3 Å². The summed E-state index contributed by atoms with van der Waals surface area (Å²) in [5.74, 6) is 0.930. The average molecular weight is 352 g/mol. The summed E-state index contributed by atoms with van der Waals surface area (Å²) in [6.45, 7) is 0. The molecule has 0 atom stereocenters. The van der Waals surface area contributed by atoms with Gasteiger partial charge in [-0.1, -0.05) is 28.1 Å². The lowest BCUT2D eigenvalue weighted by molar-refractivity contribution is 0.571. The number of hydrogen-bond donors (Lipinski definition) is 0. The first-order chi connectivity index (χ1) is 9.40. The summed E-state index contributed by atoms with van der Waals surface area (Å²) in [4.78, 5) is -0.325. The summed E-state index contributed by atoms with van der Waals surface area (Å²) in [6, 6.07) is 12.5. The Morgan fingerprint density at radius 2 is 1.90 bits per heavy atom. The highest BCUT2D eigenvalue weighted by Crippen LogP contribution is 2.25. The number of allylic oxidation sites excluding steroid dienone is 1. The van der Waals surface area contributed by atoms with E-state index in [4.69, 9.17) is 9.68 Å². The molecule has 0 aliphatic heterocycles. The maximum absolute atomic E-state index is 11.3. The zero-order valence-electron chi connectivity index (χ0n) is 10.5. The summed E-state index contributed by atoms with van der Waals surface area (Å²) in [5.41, 5.74) is 0.866. The smallest absolute Gasteiger partial charge is 0.185 e. The van der Waals surface area contributed by atoms with Gasteiger partial charge in [0.2, 0.25) is 0 Å². The molecule has 20 heavy (non-hydrogen) atoms. The predicted octanol–water partition coefficient (Wildman–Crippen LogP) is 3.62. The molecule has 1 heterocycles. The van der Waals surface area contributed by atoms with Crippen molar-refractivity contribution in [2.24, 2.45) is 0 Å². The molecule has 0 fully saturated rings. The van der Waals surface area contributed by atoms with Crippen LogP contribution in [0.2, 0.25) is 0 Å². The molecule has 102 valence electrons. The van der Waals surface area contributed by atoms with Crippen LogP contribution in [0.1, 0.15) is 5.76 Å². The van der Waals surface area contributed by atoms with Gasteiger partial charge in [0.05, 0.1) is 0 Å². The molecular formula is C14H10BrNO3S. The van der Waals surface area contributed by atoms with Crippen LogP contribution in [0.4, 0.5) is 0 Å². The van der Waals surface area contributed by atoms with Crippen molar-refractivity contribution in [3.63, 3.8) is 0 Å². The van der Waals surface area contributed by atoms with Crippen LogP contribution in [0.25, 0.3) is 17.4 Å². The fourth-order valence-electron chi connectivity index (χ4n) is 1.55. The highest BCUT2D eigenvalue weighted by molar-refractivity contribution is 9.10. The Bertz CT molecular complexity index is 796. The number of rotatable bonds is 3. The fraction of sp³-hybridized carbons (Fsp3) is 0.0714. The van der Waals surface area contributed by atoms with Gasteiger partial charge >= 0.3 is 0 Å². The van der Waals surface area contributed by atoms with E-state index in [2.05, 4.69) is 15.9 Å². The van der Waals surface area contributed by atoms with Gasteiger partial charge in [-0.15, -0.1) is 0 Å². The standard InChI is InChI=1S/C14H10BrNO3S/c1-20(17,18)13(9-16)8-12-6-7-14(19-12)10-2-4-11(15)5-3-10/h2-8H,1H3/b13-8+. The van der Waals surface area contributed by atoms with Gasteiger partial charge in [-0.25, -0.2) is 8.42 Å². The van der Waals surface area contributed by atoms with Crippen LogP contribution in [0.3, 0.4) is 0 Å². The van der Waals surface area contributed by atoms with Gasteiger partial charge in [-0.3, -0.25) is 0 Å². The van der Waals surface area contributed by atoms with Gasteiger partial charge < -0.3 is 4.42 Å². The highest BCUT2D eigenvalue weighted by atomic mass is 79.9. The van der Waals surface area contributed by atoms with Gasteiger partial charge in [0.25, 0.3) is 0 Å². The Labute approximate surface area is 125 Å². The largest absolute Gasteiger partial charge is 0.457 e. The lowest BCUT2D eigenvalue weighted by Gasteiger charge is -1.97. The maximum atomic E-state index is 11.3. The van der Waals surface area contributed by atoms with Gasteiger partial charge in [0, 0.05) is 22.4 Å². The molecule has 0 saturated heterocycles. The zero-order chi connectivity index (χ0) is 14.8. The van der Waals surface area contributed by atoms with Gasteiger partial charge in [0.1, 0.15) is 22.5 Å². The number of hydrogen-bond acceptors (Lipinski definition) is 4. The molecule has 1 aromatic carbocycles. The normalized spacial score (nSPS) is 12.2. The van der Waals surface area contributed by atoms with Crippen LogP contribution in [0.15, 0.2) is 50.2 Å². The quantitative estimate of drug-likeness (QED) is 0.791. The molecular weight excluding hydrogens is 342 g/mol. The van der Waals surface area contributed by atoms with Crippen molar-refractivity contribution in [2.45, 2.75) is 0 Å². The maximum Gasteiger partial charge on any atom is 0.185 e. The molecule has 0 unspecified atom stereocenters. The highest BCUT2D eigenvalue weighted by Gasteiger charge is 2.12. The van der Waals surface area contributed by atoms with Crippen LogP contribution in [0.5, 0.6) is 0 Å². The van der Waals surface area contributed by atoms with Crippen molar-refractivity contribution in [1.82, 2.24) is 0 Å². The van der Waals surface area contributed by atoms with Crippen molar-refractivity contribution in [3.05, 3.63) is 51.5 Å². The van der Waals surface area contributed by atoms with Crippen molar-refractivity contribution in [3.8, 4) is 17.4 Å². The SMILES string of the molecule is CS(=O)(=O)/C(C#N)=C/c1ccc(-c2ccc(Br)cc2)o1. The Hall–Kier alpha value is -1.84. The number of furan rings is 1. The summed E-state index contributed by atoms with van der Waals surface area (Å²) in [6.07, 6.45) is 2.21. The van der Waals surface area contributed by atoms with Gasteiger partial charge in [-0.05, 0) is 24.3 Å². The van der Waals surface area contributed by atoms with Crippen LogP contribution < -0.4 is 0 Å². The number of nitrogens with zero attached hydrogens (tertiary/aromatic N) is 1. The van der Waals surface area contributed by atoms with E-state index < -0.39 is 9.84 Å². The molecule has 0 N–H and O–H groups in total. The molecule has 2 rings (SSSR count). The molecule has 0 saturated carbocycles. The molecule has 6 heteroatoms. The van der Waals surface area contributed by atoms with E-state index in [-0.39, 0.29) is 4.91 Å². The molecule has 0 bridgehead atoms. The Balaban J connectivity index is 2.37. The molecule has 0 aliphatic rings. The summed E-state index contributed by atoms with van der Waals surface area (Å²) in [7, 11) is -3.54. The molecule has 4 nitrogen and oxygen atoms in total. The fourth-order valence-corrected chi connectivity index (χ4v) is 2.31. The Morgan fingerprint density at radius 3 is 2.45 bits per heavy atom. The van der Waals surface area contributed by atoms with Gasteiger partial charge in [-0.2, -0.15) is 5.26 Å². The van der Waals surface area contributed by atoms with Crippen molar-refractivity contribution >= 4 is 31.8 Å². The first-order valence-corrected chi connectivity index (χ1v) is 8.26. The first kappa shape index (κ1) is 14.6. The van der Waals surface area contributed by atoms with Crippen molar-refractivity contribution in [2.75, 3.05) is 6.26 Å². The van der Waals surface area contributed by atoms with E-state index in [1.54, 1.807) is 18.2 Å². The lowest BCUT2D eigenvalue weighted by atomic mass is 10.2. The van der Waals surface area contributed by atoms with E-state index in [1.807, 2.05) is 24.3 Å². The molecule has 1 aromatic heterocycles. The zero-order valence-corrected chi connectivity index (χ0v) is 12.9. The summed E-state index contributed by atoms with van der Waals surface area (Å²) in [5, 5.41) is 8.83. The molecule has 0 radical (unpaired) electrons. The molecule has 2 aromatic rings. The Kier molecular flexibility index (Phi) is 4.12. The first-order valence-electron chi connectivity index (χ1n) is 5.58. The van der Waals surface area contributed by atoms with Crippen molar-refractivity contribution in [1.29, 1.82) is 5.26 Å². The minimum absolute atomic E-state index is 0.324. The Morgan fingerprint density at radius 1 is 1.25 bits per heavy atom. The second-order valence-electron chi connectivity index (χ2n) is 4.10.